The molecule has 0 unspecified atom stereocenters. The molecule has 0 aliphatic rings. The normalized spacial score (nSPS) is 10.7. The van der Waals surface area contributed by atoms with Crippen LogP contribution in [0.1, 0.15) is 20.8 Å². The highest BCUT2D eigenvalue weighted by molar-refractivity contribution is 6.18. The second-order valence-electron chi connectivity index (χ2n) is 3.90. The molecule has 0 saturated heterocycles. The van der Waals surface area contributed by atoms with E-state index in [1.165, 1.54) is 0 Å². The number of halogens is 3. The number of nitrogens with zero attached hydrogens (tertiary/aromatic N) is 1. The largest absolute Gasteiger partial charge is 0.363 e. The van der Waals surface area contributed by atoms with Crippen molar-refractivity contribution in [3.8, 4) is 11.8 Å². The number of rotatable bonds is 7. The van der Waals surface area contributed by atoms with E-state index in [0.29, 0.717) is 24.9 Å². The van der Waals surface area contributed by atoms with Crippen LogP contribution in [0.5, 0.6) is 0 Å². The fourth-order valence-corrected chi connectivity index (χ4v) is 1.75. The van der Waals surface area contributed by atoms with Crippen LogP contribution in [0.25, 0.3) is 0 Å². The van der Waals surface area contributed by atoms with Crippen molar-refractivity contribution in [2.45, 2.75) is 26.4 Å². The van der Waals surface area contributed by atoms with Gasteiger partial charge in [-0.2, -0.15) is 0 Å². The van der Waals surface area contributed by atoms with Crippen molar-refractivity contribution in [2.24, 2.45) is 0 Å². The molecule has 2 nitrogen and oxygen atoms in total. The van der Waals surface area contributed by atoms with Gasteiger partial charge in [0.25, 0.3) is 0 Å². The molecule has 5 heteroatoms. The number of hydrogen-bond acceptors (Lipinski definition) is 2. The fourth-order valence-electron chi connectivity index (χ4n) is 1.27. The molecule has 0 rings (SSSR count). The zero-order valence-corrected chi connectivity index (χ0v) is 13.1. The summed E-state index contributed by atoms with van der Waals surface area (Å²) in [6.07, 6.45) is 0. The molecule has 0 spiro atoms. The highest BCUT2D eigenvalue weighted by Crippen LogP contribution is 2.06. The van der Waals surface area contributed by atoms with Crippen molar-refractivity contribution in [3.63, 3.8) is 0 Å². The van der Waals surface area contributed by atoms with Crippen LogP contribution >= 0.6 is 35.6 Å². The van der Waals surface area contributed by atoms with Gasteiger partial charge in [-0.05, 0) is 20.8 Å². The molecule has 0 amide bonds. The third-order valence-corrected chi connectivity index (χ3v) is 2.34. The molecule has 0 N–H and O–H groups in total. The van der Waals surface area contributed by atoms with E-state index in [1.807, 2.05) is 20.8 Å². The summed E-state index contributed by atoms with van der Waals surface area (Å²) in [5, 5.41) is 0. The molecule has 17 heavy (non-hydrogen) atoms. The van der Waals surface area contributed by atoms with Gasteiger partial charge in [0.15, 0.2) is 0 Å². The Bertz CT molecular complexity index is 230. The molecule has 0 aliphatic heterocycles. The van der Waals surface area contributed by atoms with Gasteiger partial charge in [0.1, 0.15) is 5.60 Å². The zero-order valence-electron chi connectivity index (χ0n) is 10.8. The van der Waals surface area contributed by atoms with Crippen LogP contribution in [0.2, 0.25) is 0 Å². The van der Waals surface area contributed by atoms with Gasteiger partial charge in [0.2, 0.25) is 0 Å². The average molecular weight is 303 g/mol. The van der Waals surface area contributed by atoms with Gasteiger partial charge in [0.05, 0.1) is 6.54 Å². The van der Waals surface area contributed by atoms with Gasteiger partial charge in [-0.15, -0.1) is 35.6 Å². The summed E-state index contributed by atoms with van der Waals surface area (Å²) in [5.74, 6) is 7.43. The van der Waals surface area contributed by atoms with E-state index in [0.717, 1.165) is 13.1 Å². The van der Waals surface area contributed by atoms with Crippen molar-refractivity contribution in [1.82, 2.24) is 4.90 Å². The van der Waals surface area contributed by atoms with Gasteiger partial charge in [-0.3, -0.25) is 4.90 Å². The molecule has 0 aromatic carbocycles. The molecule has 0 bridgehead atoms. The topological polar surface area (TPSA) is 12.5 Å². The lowest BCUT2D eigenvalue weighted by Crippen LogP contribution is -2.29. The molecule has 0 heterocycles. The Morgan fingerprint density at radius 1 is 1.18 bits per heavy atom. The predicted octanol–water partition coefficient (Wildman–Crippen LogP) is 3.01. The molecular formula is C12H22Cl3NO. The quantitative estimate of drug-likeness (QED) is 0.529. The van der Waals surface area contributed by atoms with Gasteiger partial charge >= 0.3 is 0 Å². The fraction of sp³-hybridized carbons (Fsp3) is 0.833. The molecule has 0 radical (unpaired) electrons. The molecule has 0 atom stereocenters. The van der Waals surface area contributed by atoms with Gasteiger partial charge in [0, 0.05) is 31.5 Å². The molecular weight excluding hydrogens is 280 g/mol. The zero-order chi connectivity index (χ0) is 12.4. The Kier molecular flexibility index (Phi) is 13.2. The van der Waals surface area contributed by atoms with Crippen LogP contribution in [0.15, 0.2) is 0 Å². The maximum Gasteiger partial charge on any atom is 0.123 e. The minimum absolute atomic E-state index is 0. The Hall–Kier alpha value is 0.350. The maximum absolute atomic E-state index is 5.69. The van der Waals surface area contributed by atoms with Crippen molar-refractivity contribution >= 4 is 35.6 Å². The standard InChI is InChI=1S/C12H21Cl2NO.ClH/c1-4-16-12(2,3)6-5-9-15(10-7-13)11-8-14;/h4,7-11H2,1-3H3;1H. The van der Waals surface area contributed by atoms with Crippen molar-refractivity contribution < 1.29 is 4.74 Å². The van der Waals surface area contributed by atoms with E-state index in [9.17, 15) is 0 Å². The van der Waals surface area contributed by atoms with Gasteiger partial charge in [-0.25, -0.2) is 0 Å². The first kappa shape index (κ1) is 19.7. The van der Waals surface area contributed by atoms with Gasteiger partial charge in [-0.1, -0.05) is 11.8 Å². The van der Waals surface area contributed by atoms with Crippen molar-refractivity contribution in [1.29, 1.82) is 0 Å². The minimum atomic E-state index is -0.373. The van der Waals surface area contributed by atoms with Crippen LogP contribution < -0.4 is 0 Å². The molecule has 0 fully saturated rings. The first-order chi connectivity index (χ1) is 7.55. The lowest BCUT2D eigenvalue weighted by molar-refractivity contribution is 0.0361. The SMILES string of the molecule is CCOC(C)(C)C#CCN(CCCl)CCCl.Cl. The summed E-state index contributed by atoms with van der Waals surface area (Å²) >= 11 is 11.4. The van der Waals surface area contributed by atoms with Crippen LogP contribution in [0, 0.1) is 11.8 Å². The van der Waals surface area contributed by atoms with E-state index in [1.54, 1.807) is 0 Å². The summed E-state index contributed by atoms with van der Waals surface area (Å²) in [7, 11) is 0. The summed E-state index contributed by atoms with van der Waals surface area (Å²) in [4.78, 5) is 2.13. The lowest BCUT2D eigenvalue weighted by atomic mass is 10.1. The molecule has 0 aromatic rings. The van der Waals surface area contributed by atoms with E-state index >= 15 is 0 Å². The first-order valence-electron chi connectivity index (χ1n) is 5.54. The second-order valence-corrected chi connectivity index (χ2v) is 4.66. The molecule has 0 saturated carbocycles. The first-order valence-corrected chi connectivity index (χ1v) is 6.61. The lowest BCUT2D eigenvalue weighted by Gasteiger charge is -2.19. The van der Waals surface area contributed by atoms with Crippen LogP contribution in [0.3, 0.4) is 0 Å². The molecule has 0 aromatic heterocycles. The van der Waals surface area contributed by atoms with E-state index in [4.69, 9.17) is 27.9 Å². The third kappa shape index (κ3) is 11.2. The number of hydrogen-bond donors (Lipinski definition) is 0. The Morgan fingerprint density at radius 3 is 2.12 bits per heavy atom. The Balaban J connectivity index is 0. The minimum Gasteiger partial charge on any atom is -0.363 e. The monoisotopic (exact) mass is 301 g/mol. The smallest absolute Gasteiger partial charge is 0.123 e. The number of ether oxygens (including phenoxy) is 1. The predicted molar refractivity (Wildman–Crippen MR) is 78.6 cm³/mol. The maximum atomic E-state index is 5.69. The Morgan fingerprint density at radius 2 is 1.71 bits per heavy atom. The summed E-state index contributed by atoms with van der Waals surface area (Å²) in [5.41, 5.74) is -0.373. The summed E-state index contributed by atoms with van der Waals surface area (Å²) in [6, 6.07) is 0. The highest BCUT2D eigenvalue weighted by atomic mass is 35.5. The van der Waals surface area contributed by atoms with E-state index in [-0.39, 0.29) is 18.0 Å². The highest BCUT2D eigenvalue weighted by Gasteiger charge is 2.12. The van der Waals surface area contributed by atoms with Crippen LogP contribution in [-0.2, 0) is 4.74 Å². The third-order valence-electron chi connectivity index (χ3n) is 2.00. The van der Waals surface area contributed by atoms with Crippen molar-refractivity contribution in [3.05, 3.63) is 0 Å². The molecule has 0 aliphatic carbocycles. The van der Waals surface area contributed by atoms with Crippen molar-refractivity contribution in [2.75, 3.05) is 38.0 Å². The molecule has 102 valence electrons. The Labute approximate surface area is 121 Å². The van der Waals surface area contributed by atoms with Gasteiger partial charge < -0.3 is 4.74 Å². The summed E-state index contributed by atoms with van der Waals surface area (Å²) < 4.78 is 5.49. The summed E-state index contributed by atoms with van der Waals surface area (Å²) in [6.45, 7) is 8.91. The van der Waals surface area contributed by atoms with E-state index in [2.05, 4.69) is 16.7 Å². The van der Waals surface area contributed by atoms with E-state index < -0.39 is 0 Å². The van der Waals surface area contributed by atoms with Crippen LogP contribution in [0.4, 0.5) is 0 Å². The van der Waals surface area contributed by atoms with Crippen LogP contribution in [-0.4, -0.2) is 48.5 Å². The second kappa shape index (κ2) is 11.4. The average Bonchev–Trinajstić information content (AvgIpc) is 2.18. The number of alkyl halides is 2.